The van der Waals surface area contributed by atoms with Crippen LogP contribution in [0.3, 0.4) is 0 Å². The molecule has 0 bridgehead atoms. The van der Waals surface area contributed by atoms with Gasteiger partial charge in [-0.05, 0) is 25.0 Å². The van der Waals surface area contributed by atoms with Crippen molar-refractivity contribution in [3.8, 4) is 23.9 Å². The molecule has 2 aromatic heterocycles. The zero-order valence-electron chi connectivity index (χ0n) is 10.4. The number of hydrogen-bond donors (Lipinski definition) is 1. The normalized spacial score (nSPS) is 10.3. The molecule has 2 rings (SSSR count). The first kappa shape index (κ1) is 12.3. The van der Waals surface area contributed by atoms with Crippen molar-refractivity contribution in [2.24, 2.45) is 0 Å². The Labute approximate surface area is 106 Å². The van der Waals surface area contributed by atoms with Crippen molar-refractivity contribution >= 4 is 0 Å². The highest BCUT2D eigenvalue weighted by Crippen LogP contribution is 2.18. The standard InChI is InChI=1S/C13H14N4O/c1-4-5-14-8-11-16-13(17-18-11)12-10(3)6-9(2)7-15-12/h1,6-7,14H,5,8H2,2-3H3. The van der Waals surface area contributed by atoms with E-state index in [1.807, 2.05) is 19.9 Å². The van der Waals surface area contributed by atoms with E-state index in [0.717, 1.165) is 16.8 Å². The van der Waals surface area contributed by atoms with E-state index >= 15 is 0 Å². The van der Waals surface area contributed by atoms with Crippen LogP contribution in [-0.4, -0.2) is 21.7 Å². The van der Waals surface area contributed by atoms with Gasteiger partial charge < -0.3 is 4.52 Å². The van der Waals surface area contributed by atoms with Crippen molar-refractivity contribution in [3.63, 3.8) is 0 Å². The van der Waals surface area contributed by atoms with Crippen LogP contribution in [0.15, 0.2) is 16.8 Å². The largest absolute Gasteiger partial charge is 0.337 e. The highest BCUT2D eigenvalue weighted by molar-refractivity contribution is 5.53. The molecule has 0 unspecified atom stereocenters. The summed E-state index contributed by atoms with van der Waals surface area (Å²) in [4.78, 5) is 8.59. The maximum Gasteiger partial charge on any atom is 0.240 e. The Morgan fingerprint density at radius 3 is 3.00 bits per heavy atom. The molecule has 0 aliphatic heterocycles. The van der Waals surface area contributed by atoms with Gasteiger partial charge in [-0.15, -0.1) is 6.42 Å². The van der Waals surface area contributed by atoms with E-state index in [1.165, 1.54) is 0 Å². The van der Waals surface area contributed by atoms with E-state index in [0.29, 0.717) is 24.8 Å². The van der Waals surface area contributed by atoms with Crippen LogP contribution in [0.2, 0.25) is 0 Å². The van der Waals surface area contributed by atoms with Crippen LogP contribution >= 0.6 is 0 Å². The molecule has 0 saturated carbocycles. The lowest BCUT2D eigenvalue weighted by Gasteiger charge is -2.00. The van der Waals surface area contributed by atoms with Crippen LogP contribution in [0.5, 0.6) is 0 Å². The third-order valence-electron chi connectivity index (χ3n) is 2.40. The Morgan fingerprint density at radius 1 is 1.44 bits per heavy atom. The number of rotatable bonds is 4. The molecule has 2 heterocycles. The van der Waals surface area contributed by atoms with Gasteiger partial charge in [0.15, 0.2) is 0 Å². The zero-order valence-corrected chi connectivity index (χ0v) is 10.4. The molecule has 5 nitrogen and oxygen atoms in total. The molecule has 0 aliphatic rings. The van der Waals surface area contributed by atoms with Crippen molar-refractivity contribution in [1.29, 1.82) is 0 Å². The molecule has 92 valence electrons. The number of nitrogens with one attached hydrogen (secondary N) is 1. The fraction of sp³-hybridized carbons (Fsp3) is 0.308. The summed E-state index contributed by atoms with van der Waals surface area (Å²) in [6, 6.07) is 2.04. The highest BCUT2D eigenvalue weighted by atomic mass is 16.5. The molecular weight excluding hydrogens is 228 g/mol. The molecule has 0 saturated heterocycles. The second kappa shape index (κ2) is 5.43. The lowest BCUT2D eigenvalue weighted by Crippen LogP contribution is -2.13. The van der Waals surface area contributed by atoms with E-state index < -0.39 is 0 Å². The summed E-state index contributed by atoms with van der Waals surface area (Å²) in [5.74, 6) is 3.48. The van der Waals surface area contributed by atoms with Gasteiger partial charge in [0.1, 0.15) is 5.69 Å². The molecule has 0 radical (unpaired) electrons. The summed E-state index contributed by atoms with van der Waals surface area (Å²) in [7, 11) is 0. The fourth-order valence-corrected chi connectivity index (χ4v) is 1.61. The van der Waals surface area contributed by atoms with Crippen molar-refractivity contribution < 1.29 is 4.52 Å². The van der Waals surface area contributed by atoms with Crippen molar-refractivity contribution in [2.45, 2.75) is 20.4 Å². The molecule has 5 heteroatoms. The molecule has 0 spiro atoms. The van der Waals surface area contributed by atoms with Crippen LogP contribution in [0.4, 0.5) is 0 Å². The van der Waals surface area contributed by atoms with E-state index in [9.17, 15) is 0 Å². The summed E-state index contributed by atoms with van der Waals surface area (Å²) in [5.41, 5.74) is 2.88. The number of aromatic nitrogens is 3. The quantitative estimate of drug-likeness (QED) is 0.649. The van der Waals surface area contributed by atoms with Crippen LogP contribution in [-0.2, 0) is 6.54 Å². The number of aryl methyl sites for hydroxylation is 2. The molecule has 2 aromatic rings. The minimum Gasteiger partial charge on any atom is -0.337 e. The summed E-state index contributed by atoms with van der Waals surface area (Å²) in [6.07, 6.45) is 6.92. The van der Waals surface area contributed by atoms with Crippen molar-refractivity contribution in [3.05, 3.63) is 29.3 Å². The summed E-state index contributed by atoms with van der Waals surface area (Å²) >= 11 is 0. The van der Waals surface area contributed by atoms with Crippen molar-refractivity contribution in [1.82, 2.24) is 20.4 Å². The Balaban J connectivity index is 2.16. The average Bonchev–Trinajstić information content (AvgIpc) is 2.78. The first-order chi connectivity index (χ1) is 8.70. The summed E-state index contributed by atoms with van der Waals surface area (Å²) in [5, 5.41) is 6.90. The monoisotopic (exact) mass is 242 g/mol. The smallest absolute Gasteiger partial charge is 0.240 e. The second-order valence-electron chi connectivity index (χ2n) is 4.00. The van der Waals surface area contributed by atoms with Gasteiger partial charge in [-0.1, -0.05) is 17.1 Å². The Morgan fingerprint density at radius 2 is 2.28 bits per heavy atom. The van der Waals surface area contributed by atoms with Crippen molar-refractivity contribution in [2.75, 3.05) is 6.54 Å². The number of hydrogen-bond acceptors (Lipinski definition) is 5. The maximum absolute atomic E-state index is 5.13. The second-order valence-corrected chi connectivity index (χ2v) is 4.00. The highest BCUT2D eigenvalue weighted by Gasteiger charge is 2.11. The topological polar surface area (TPSA) is 63.8 Å². The zero-order chi connectivity index (χ0) is 13.0. The van der Waals surface area contributed by atoms with Gasteiger partial charge in [0.05, 0.1) is 13.1 Å². The molecule has 18 heavy (non-hydrogen) atoms. The summed E-state index contributed by atoms with van der Waals surface area (Å²) in [6.45, 7) is 4.90. The molecule has 0 atom stereocenters. The minimum atomic E-state index is 0.460. The number of nitrogens with zero attached hydrogens (tertiary/aromatic N) is 3. The van der Waals surface area contributed by atoms with Crippen LogP contribution in [0.25, 0.3) is 11.5 Å². The molecule has 0 aromatic carbocycles. The molecule has 0 fully saturated rings. The van der Waals surface area contributed by atoms with Gasteiger partial charge in [-0.25, -0.2) is 0 Å². The third kappa shape index (κ3) is 2.73. The average molecular weight is 242 g/mol. The first-order valence-electron chi connectivity index (χ1n) is 5.61. The molecule has 0 aliphatic carbocycles. The fourth-order valence-electron chi connectivity index (χ4n) is 1.61. The lowest BCUT2D eigenvalue weighted by atomic mass is 10.1. The first-order valence-corrected chi connectivity index (χ1v) is 5.61. The van der Waals surface area contributed by atoms with E-state index in [-0.39, 0.29) is 0 Å². The predicted molar refractivity (Wildman–Crippen MR) is 67.5 cm³/mol. The van der Waals surface area contributed by atoms with Gasteiger partial charge in [0, 0.05) is 6.20 Å². The molecular formula is C13H14N4O. The van der Waals surface area contributed by atoms with E-state index in [4.69, 9.17) is 10.9 Å². The van der Waals surface area contributed by atoms with E-state index in [1.54, 1.807) is 6.20 Å². The molecule has 1 N–H and O–H groups in total. The minimum absolute atomic E-state index is 0.460. The van der Waals surface area contributed by atoms with Crippen LogP contribution < -0.4 is 5.32 Å². The van der Waals surface area contributed by atoms with Gasteiger partial charge in [0.25, 0.3) is 0 Å². The Bertz CT molecular complexity index is 583. The third-order valence-corrected chi connectivity index (χ3v) is 2.40. The Hall–Kier alpha value is -2.19. The SMILES string of the molecule is C#CCNCc1nc(-c2ncc(C)cc2C)no1. The summed E-state index contributed by atoms with van der Waals surface area (Å²) < 4.78 is 5.12. The molecule has 0 amide bonds. The predicted octanol–water partition coefficient (Wildman–Crippen LogP) is 1.47. The van der Waals surface area contributed by atoms with Gasteiger partial charge >= 0.3 is 0 Å². The van der Waals surface area contributed by atoms with Crippen LogP contribution in [0.1, 0.15) is 17.0 Å². The van der Waals surface area contributed by atoms with Gasteiger partial charge in [-0.3, -0.25) is 10.3 Å². The number of terminal acetylenes is 1. The Kier molecular flexibility index (Phi) is 3.70. The van der Waals surface area contributed by atoms with Gasteiger partial charge in [0.2, 0.25) is 11.7 Å². The van der Waals surface area contributed by atoms with Crippen LogP contribution in [0, 0.1) is 26.2 Å². The maximum atomic E-state index is 5.13. The lowest BCUT2D eigenvalue weighted by molar-refractivity contribution is 0.370. The van der Waals surface area contributed by atoms with Gasteiger partial charge in [-0.2, -0.15) is 4.98 Å². The van der Waals surface area contributed by atoms with E-state index in [2.05, 4.69) is 26.4 Å². The number of pyridine rings is 1.